The van der Waals surface area contributed by atoms with E-state index in [9.17, 15) is 9.50 Å². The topological polar surface area (TPSA) is 20.2 Å². The van der Waals surface area contributed by atoms with Crippen molar-refractivity contribution in [2.24, 2.45) is 5.92 Å². The lowest BCUT2D eigenvalue weighted by Gasteiger charge is -2.26. The standard InChI is InChI=1S/C14H18BrFO/c15-13-7-6-12(16)8-11(13)9-14(17)10-4-2-1-3-5-10/h6-8,10,14,17H,1-5,9H2. The summed E-state index contributed by atoms with van der Waals surface area (Å²) in [6.07, 6.45) is 6.13. The highest BCUT2D eigenvalue weighted by molar-refractivity contribution is 9.10. The summed E-state index contributed by atoms with van der Waals surface area (Å²) in [6.45, 7) is 0. The van der Waals surface area contributed by atoms with Crippen molar-refractivity contribution in [2.75, 3.05) is 0 Å². The molecule has 1 atom stereocenters. The highest BCUT2D eigenvalue weighted by atomic mass is 79.9. The highest BCUT2D eigenvalue weighted by Crippen LogP contribution is 2.29. The first-order valence-electron chi connectivity index (χ1n) is 6.29. The zero-order valence-electron chi connectivity index (χ0n) is 9.83. The minimum absolute atomic E-state index is 0.237. The van der Waals surface area contributed by atoms with Crippen molar-refractivity contribution in [3.05, 3.63) is 34.1 Å². The van der Waals surface area contributed by atoms with E-state index in [1.54, 1.807) is 6.07 Å². The Morgan fingerprint density at radius 1 is 1.29 bits per heavy atom. The monoisotopic (exact) mass is 300 g/mol. The molecule has 1 aliphatic rings. The summed E-state index contributed by atoms with van der Waals surface area (Å²) < 4.78 is 14.0. The van der Waals surface area contributed by atoms with E-state index in [0.29, 0.717) is 12.3 Å². The van der Waals surface area contributed by atoms with E-state index in [4.69, 9.17) is 0 Å². The first-order chi connectivity index (χ1) is 8.16. The predicted octanol–water partition coefficient (Wildman–Crippen LogP) is 4.07. The van der Waals surface area contributed by atoms with Crippen LogP contribution in [0.4, 0.5) is 4.39 Å². The molecule has 94 valence electrons. The van der Waals surface area contributed by atoms with Crippen LogP contribution in [0.1, 0.15) is 37.7 Å². The van der Waals surface area contributed by atoms with E-state index in [1.807, 2.05) is 0 Å². The highest BCUT2D eigenvalue weighted by Gasteiger charge is 2.22. The Hall–Kier alpha value is -0.410. The maximum atomic E-state index is 13.1. The summed E-state index contributed by atoms with van der Waals surface area (Å²) in [5.74, 6) is 0.151. The third kappa shape index (κ3) is 3.52. The average molecular weight is 301 g/mol. The molecule has 0 bridgehead atoms. The second kappa shape index (κ2) is 5.96. The zero-order chi connectivity index (χ0) is 12.3. The van der Waals surface area contributed by atoms with Gasteiger partial charge in [-0.3, -0.25) is 0 Å². The Morgan fingerprint density at radius 3 is 2.71 bits per heavy atom. The third-order valence-corrected chi connectivity index (χ3v) is 4.40. The largest absolute Gasteiger partial charge is 0.392 e. The van der Waals surface area contributed by atoms with Crippen LogP contribution in [0.15, 0.2) is 22.7 Å². The molecule has 2 rings (SSSR count). The molecule has 0 saturated heterocycles. The maximum absolute atomic E-state index is 13.1. The van der Waals surface area contributed by atoms with Crippen molar-refractivity contribution >= 4 is 15.9 Å². The van der Waals surface area contributed by atoms with Crippen LogP contribution in [0.25, 0.3) is 0 Å². The number of benzene rings is 1. The predicted molar refractivity (Wildman–Crippen MR) is 70.4 cm³/mol. The van der Waals surface area contributed by atoms with Gasteiger partial charge in [-0.25, -0.2) is 4.39 Å². The Morgan fingerprint density at radius 2 is 2.00 bits per heavy atom. The van der Waals surface area contributed by atoms with Gasteiger partial charge in [0, 0.05) is 4.47 Å². The molecule has 1 saturated carbocycles. The molecule has 3 heteroatoms. The molecule has 1 unspecified atom stereocenters. The molecule has 17 heavy (non-hydrogen) atoms. The molecule has 0 heterocycles. The molecule has 0 aromatic heterocycles. The van der Waals surface area contributed by atoms with Gasteiger partial charge in [0.2, 0.25) is 0 Å². The van der Waals surface area contributed by atoms with Crippen LogP contribution in [0.2, 0.25) is 0 Å². The van der Waals surface area contributed by atoms with Crippen molar-refractivity contribution in [3.8, 4) is 0 Å². The quantitative estimate of drug-likeness (QED) is 0.892. The number of aliphatic hydroxyl groups excluding tert-OH is 1. The lowest BCUT2D eigenvalue weighted by atomic mass is 9.83. The van der Waals surface area contributed by atoms with E-state index in [0.717, 1.165) is 22.9 Å². The van der Waals surface area contributed by atoms with Crippen LogP contribution in [-0.4, -0.2) is 11.2 Å². The van der Waals surface area contributed by atoms with Crippen LogP contribution >= 0.6 is 15.9 Å². The molecule has 1 fully saturated rings. The first-order valence-corrected chi connectivity index (χ1v) is 7.08. The Labute approximate surface area is 110 Å². The summed E-state index contributed by atoms with van der Waals surface area (Å²) in [5.41, 5.74) is 0.864. The summed E-state index contributed by atoms with van der Waals surface area (Å²) in [4.78, 5) is 0. The second-order valence-electron chi connectivity index (χ2n) is 4.91. The average Bonchev–Trinajstić information content (AvgIpc) is 2.35. The summed E-state index contributed by atoms with van der Waals surface area (Å²) in [7, 11) is 0. The van der Waals surface area contributed by atoms with Gasteiger partial charge < -0.3 is 5.11 Å². The molecule has 1 aliphatic carbocycles. The van der Waals surface area contributed by atoms with Crippen molar-refractivity contribution in [1.82, 2.24) is 0 Å². The van der Waals surface area contributed by atoms with Crippen molar-refractivity contribution < 1.29 is 9.50 Å². The molecule has 1 aromatic carbocycles. The summed E-state index contributed by atoms with van der Waals surface area (Å²) in [6, 6.07) is 4.65. The van der Waals surface area contributed by atoms with Gasteiger partial charge >= 0.3 is 0 Å². The van der Waals surface area contributed by atoms with Crippen molar-refractivity contribution in [3.63, 3.8) is 0 Å². The molecule has 1 N–H and O–H groups in total. The van der Waals surface area contributed by atoms with Gasteiger partial charge in [0.15, 0.2) is 0 Å². The number of rotatable bonds is 3. The lowest BCUT2D eigenvalue weighted by molar-refractivity contribution is 0.0849. The molecule has 1 nitrogen and oxygen atoms in total. The minimum Gasteiger partial charge on any atom is -0.392 e. The van der Waals surface area contributed by atoms with Crippen molar-refractivity contribution in [1.29, 1.82) is 0 Å². The molecule has 0 radical (unpaired) electrons. The molecule has 0 spiro atoms. The van der Waals surface area contributed by atoms with Crippen molar-refractivity contribution in [2.45, 2.75) is 44.6 Å². The fourth-order valence-electron chi connectivity index (χ4n) is 2.61. The third-order valence-electron chi connectivity index (χ3n) is 3.63. The fraction of sp³-hybridized carbons (Fsp3) is 0.571. The van der Waals surface area contributed by atoms with E-state index < -0.39 is 0 Å². The van der Waals surface area contributed by atoms with Gasteiger partial charge in [0.1, 0.15) is 5.82 Å². The number of aliphatic hydroxyl groups is 1. The summed E-state index contributed by atoms with van der Waals surface area (Å²) >= 11 is 3.41. The second-order valence-corrected chi connectivity index (χ2v) is 5.76. The molecular formula is C14H18BrFO. The van der Waals surface area contributed by atoms with Crippen LogP contribution < -0.4 is 0 Å². The molecule has 0 amide bonds. The van der Waals surface area contributed by atoms with Gasteiger partial charge in [-0.1, -0.05) is 35.2 Å². The van der Waals surface area contributed by atoms with Gasteiger partial charge in [-0.2, -0.15) is 0 Å². The van der Waals surface area contributed by atoms with Gasteiger partial charge in [-0.05, 0) is 48.9 Å². The van der Waals surface area contributed by atoms with Gasteiger partial charge in [-0.15, -0.1) is 0 Å². The first kappa shape index (κ1) is 13.0. The Balaban J connectivity index is 2.01. The lowest BCUT2D eigenvalue weighted by Crippen LogP contribution is -2.25. The Kier molecular flexibility index (Phi) is 4.57. The van der Waals surface area contributed by atoms with Crippen LogP contribution in [0.3, 0.4) is 0 Å². The smallest absolute Gasteiger partial charge is 0.123 e. The van der Waals surface area contributed by atoms with E-state index in [-0.39, 0.29) is 11.9 Å². The molecule has 0 aliphatic heterocycles. The maximum Gasteiger partial charge on any atom is 0.123 e. The number of halogens is 2. The normalized spacial score (nSPS) is 19.2. The SMILES string of the molecule is OC(Cc1cc(F)ccc1Br)C1CCCCC1. The number of hydrogen-bond acceptors (Lipinski definition) is 1. The van der Waals surface area contributed by atoms with Crippen LogP contribution in [0.5, 0.6) is 0 Å². The van der Waals surface area contributed by atoms with Gasteiger partial charge in [0.25, 0.3) is 0 Å². The fourth-order valence-corrected chi connectivity index (χ4v) is 3.02. The van der Waals surface area contributed by atoms with E-state index in [2.05, 4.69) is 15.9 Å². The van der Waals surface area contributed by atoms with E-state index in [1.165, 1.54) is 31.4 Å². The zero-order valence-corrected chi connectivity index (χ0v) is 11.4. The van der Waals surface area contributed by atoms with E-state index >= 15 is 0 Å². The molecular weight excluding hydrogens is 283 g/mol. The Bertz CT molecular complexity index is 374. The summed E-state index contributed by atoms with van der Waals surface area (Å²) in [5, 5.41) is 10.2. The van der Waals surface area contributed by atoms with Crippen LogP contribution in [-0.2, 0) is 6.42 Å². The molecule has 1 aromatic rings. The van der Waals surface area contributed by atoms with Crippen LogP contribution in [0, 0.1) is 11.7 Å². The number of hydrogen-bond donors (Lipinski definition) is 1. The van der Waals surface area contributed by atoms with Gasteiger partial charge in [0.05, 0.1) is 6.10 Å². The minimum atomic E-state index is -0.339.